The molecule has 6 heteroatoms. The summed E-state index contributed by atoms with van der Waals surface area (Å²) in [6.07, 6.45) is 3.51. The third-order valence-corrected chi connectivity index (χ3v) is 4.58. The van der Waals surface area contributed by atoms with E-state index < -0.39 is 0 Å². The summed E-state index contributed by atoms with van der Waals surface area (Å²) >= 11 is 0. The number of pyridine rings is 1. The predicted octanol–water partition coefficient (Wildman–Crippen LogP) is 3.78. The number of aromatic nitrogens is 3. The highest BCUT2D eigenvalue weighted by atomic mass is 16.1. The molecule has 0 amide bonds. The highest BCUT2D eigenvalue weighted by molar-refractivity contribution is 5.88. The summed E-state index contributed by atoms with van der Waals surface area (Å²) in [5.74, 6) is 0.290. The first-order valence-electron chi connectivity index (χ1n) is 9.27. The summed E-state index contributed by atoms with van der Waals surface area (Å²) in [7, 11) is 0. The molecule has 0 radical (unpaired) electrons. The molecule has 0 saturated heterocycles. The Morgan fingerprint density at radius 3 is 2.38 bits per heavy atom. The summed E-state index contributed by atoms with van der Waals surface area (Å²) in [5.41, 5.74) is 11.1. The standard InChI is InChI=1S/C23H21N5O/c1-16-8-10-18(11-9-16)23-19(15-27(26-23)20-6-4-3-5-7-20)14-25-28-21(24)12-17(2)13-22(28)29/h3-15H,24H2,1-2H3/b25-14-. The van der Waals surface area contributed by atoms with Crippen molar-refractivity contribution in [1.82, 2.24) is 14.5 Å². The van der Waals surface area contributed by atoms with E-state index in [1.807, 2.05) is 74.6 Å². The normalized spacial score (nSPS) is 11.2. The predicted molar refractivity (Wildman–Crippen MR) is 117 cm³/mol. The molecule has 0 aliphatic rings. The fourth-order valence-corrected chi connectivity index (χ4v) is 3.09. The molecule has 29 heavy (non-hydrogen) atoms. The van der Waals surface area contributed by atoms with Crippen LogP contribution in [0.2, 0.25) is 0 Å². The van der Waals surface area contributed by atoms with Crippen LogP contribution in [0, 0.1) is 13.8 Å². The molecule has 2 aromatic heterocycles. The molecule has 144 valence electrons. The molecule has 0 bridgehead atoms. The Labute approximate surface area is 168 Å². The molecule has 0 aliphatic heterocycles. The average molecular weight is 383 g/mol. The highest BCUT2D eigenvalue weighted by Crippen LogP contribution is 2.23. The molecule has 0 atom stereocenters. The molecule has 0 aliphatic carbocycles. The van der Waals surface area contributed by atoms with E-state index in [9.17, 15) is 4.79 Å². The van der Waals surface area contributed by atoms with Crippen LogP contribution in [0.1, 0.15) is 16.7 Å². The van der Waals surface area contributed by atoms with Gasteiger partial charge in [-0.1, -0.05) is 48.0 Å². The second-order valence-corrected chi connectivity index (χ2v) is 6.93. The van der Waals surface area contributed by atoms with Crippen molar-refractivity contribution in [3.05, 3.63) is 100.0 Å². The van der Waals surface area contributed by atoms with Gasteiger partial charge in [-0.15, -0.1) is 0 Å². The van der Waals surface area contributed by atoms with Crippen LogP contribution in [0.25, 0.3) is 16.9 Å². The maximum Gasteiger partial charge on any atom is 0.273 e. The van der Waals surface area contributed by atoms with Gasteiger partial charge in [0, 0.05) is 23.4 Å². The minimum absolute atomic E-state index is 0.272. The zero-order valence-electron chi connectivity index (χ0n) is 16.3. The summed E-state index contributed by atoms with van der Waals surface area (Å²) < 4.78 is 2.99. The van der Waals surface area contributed by atoms with E-state index in [0.29, 0.717) is 5.82 Å². The van der Waals surface area contributed by atoms with Crippen LogP contribution in [0.3, 0.4) is 0 Å². The monoisotopic (exact) mass is 383 g/mol. The molecule has 0 fully saturated rings. The third-order valence-electron chi connectivity index (χ3n) is 4.58. The van der Waals surface area contributed by atoms with Crippen molar-refractivity contribution in [2.45, 2.75) is 13.8 Å². The van der Waals surface area contributed by atoms with Gasteiger partial charge in [-0.25, -0.2) is 4.68 Å². The summed E-state index contributed by atoms with van der Waals surface area (Å²) in [5, 5.41) is 9.09. The lowest BCUT2D eigenvalue weighted by atomic mass is 10.1. The number of hydrogen-bond acceptors (Lipinski definition) is 4. The van der Waals surface area contributed by atoms with Crippen molar-refractivity contribution in [2.24, 2.45) is 5.10 Å². The Morgan fingerprint density at radius 2 is 1.69 bits per heavy atom. The lowest BCUT2D eigenvalue weighted by molar-refractivity contribution is 0.843. The molecule has 2 heterocycles. The number of para-hydroxylation sites is 1. The van der Waals surface area contributed by atoms with Gasteiger partial charge in [0.1, 0.15) is 11.5 Å². The van der Waals surface area contributed by atoms with Gasteiger partial charge in [0.05, 0.1) is 11.9 Å². The molecule has 2 N–H and O–H groups in total. The van der Waals surface area contributed by atoms with Crippen molar-refractivity contribution < 1.29 is 0 Å². The second kappa shape index (κ2) is 7.59. The summed E-state index contributed by atoms with van der Waals surface area (Å²) in [6, 6.07) is 21.2. The van der Waals surface area contributed by atoms with Gasteiger partial charge >= 0.3 is 0 Å². The van der Waals surface area contributed by atoms with Gasteiger partial charge in [0.2, 0.25) is 0 Å². The van der Waals surface area contributed by atoms with Crippen molar-refractivity contribution >= 4 is 12.0 Å². The molecule has 0 spiro atoms. The van der Waals surface area contributed by atoms with Gasteiger partial charge in [0.25, 0.3) is 5.56 Å². The lowest BCUT2D eigenvalue weighted by Gasteiger charge is -2.04. The van der Waals surface area contributed by atoms with Crippen LogP contribution in [0.15, 0.2) is 82.8 Å². The van der Waals surface area contributed by atoms with Crippen molar-refractivity contribution in [3.8, 4) is 16.9 Å². The molecule has 4 aromatic rings. The number of anilines is 1. The van der Waals surface area contributed by atoms with Gasteiger partial charge in [-0.3, -0.25) is 4.79 Å². The maximum atomic E-state index is 12.2. The number of nitrogen functional groups attached to an aromatic ring is 1. The Balaban J connectivity index is 1.82. The van der Waals surface area contributed by atoms with E-state index in [1.54, 1.807) is 17.0 Å². The van der Waals surface area contributed by atoms with Gasteiger partial charge in [0.15, 0.2) is 0 Å². The fraction of sp³-hybridized carbons (Fsp3) is 0.0870. The molecular formula is C23H21N5O. The zero-order chi connectivity index (χ0) is 20.4. The quantitative estimate of drug-likeness (QED) is 0.545. The van der Waals surface area contributed by atoms with Crippen molar-refractivity contribution in [3.63, 3.8) is 0 Å². The summed E-state index contributed by atoms with van der Waals surface area (Å²) in [6.45, 7) is 3.87. The number of nitrogens with two attached hydrogens (primary N) is 1. The van der Waals surface area contributed by atoms with Crippen molar-refractivity contribution in [1.29, 1.82) is 0 Å². The van der Waals surface area contributed by atoms with E-state index in [0.717, 1.165) is 28.1 Å². The number of hydrogen-bond donors (Lipinski definition) is 1. The highest BCUT2D eigenvalue weighted by Gasteiger charge is 2.11. The molecule has 0 saturated carbocycles. The molecule has 0 unspecified atom stereocenters. The fourth-order valence-electron chi connectivity index (χ4n) is 3.09. The van der Waals surface area contributed by atoms with Crippen LogP contribution in [0.5, 0.6) is 0 Å². The van der Waals surface area contributed by atoms with Gasteiger partial charge in [-0.2, -0.15) is 14.9 Å². The zero-order valence-corrected chi connectivity index (χ0v) is 16.3. The van der Waals surface area contributed by atoms with E-state index >= 15 is 0 Å². The third kappa shape index (κ3) is 3.87. The number of benzene rings is 2. The Bertz CT molecular complexity index is 1230. The topological polar surface area (TPSA) is 78.2 Å². The minimum atomic E-state index is -0.272. The number of nitrogens with zero attached hydrogens (tertiary/aromatic N) is 4. The van der Waals surface area contributed by atoms with Gasteiger partial charge in [-0.05, 0) is 37.6 Å². The number of rotatable bonds is 4. The molecule has 6 nitrogen and oxygen atoms in total. The largest absolute Gasteiger partial charge is 0.384 e. The Kier molecular flexibility index (Phi) is 4.83. The average Bonchev–Trinajstić information content (AvgIpc) is 3.13. The first-order chi connectivity index (χ1) is 14.0. The van der Waals surface area contributed by atoms with Crippen molar-refractivity contribution in [2.75, 3.05) is 5.73 Å². The Hall–Kier alpha value is -3.93. The smallest absolute Gasteiger partial charge is 0.273 e. The van der Waals surface area contributed by atoms with Crippen LogP contribution in [-0.2, 0) is 0 Å². The lowest BCUT2D eigenvalue weighted by Crippen LogP contribution is -2.19. The van der Waals surface area contributed by atoms with Crippen LogP contribution in [0.4, 0.5) is 5.82 Å². The second-order valence-electron chi connectivity index (χ2n) is 6.93. The summed E-state index contributed by atoms with van der Waals surface area (Å²) in [4.78, 5) is 12.2. The Morgan fingerprint density at radius 1 is 0.966 bits per heavy atom. The van der Waals surface area contributed by atoms with E-state index in [2.05, 4.69) is 5.10 Å². The van der Waals surface area contributed by atoms with Crippen LogP contribution < -0.4 is 11.3 Å². The molecule has 2 aromatic carbocycles. The van der Waals surface area contributed by atoms with E-state index in [-0.39, 0.29) is 5.56 Å². The van der Waals surface area contributed by atoms with Crippen LogP contribution >= 0.6 is 0 Å². The molecular weight excluding hydrogens is 362 g/mol. The van der Waals surface area contributed by atoms with Gasteiger partial charge < -0.3 is 5.73 Å². The maximum absolute atomic E-state index is 12.2. The van der Waals surface area contributed by atoms with E-state index in [1.165, 1.54) is 16.3 Å². The first kappa shape index (κ1) is 18.4. The SMILES string of the molecule is Cc1ccc(-c2nn(-c3ccccc3)cc2/C=N\n2c(N)cc(C)cc2=O)cc1. The van der Waals surface area contributed by atoms with E-state index in [4.69, 9.17) is 10.8 Å². The first-order valence-corrected chi connectivity index (χ1v) is 9.27. The molecule has 4 rings (SSSR count). The van der Waals surface area contributed by atoms with Crippen LogP contribution in [-0.4, -0.2) is 20.7 Å². The number of aryl methyl sites for hydroxylation is 2. The minimum Gasteiger partial charge on any atom is -0.384 e.